The maximum Gasteiger partial charge on any atom is 0.214 e. The summed E-state index contributed by atoms with van der Waals surface area (Å²) in [7, 11) is -1.97. The summed E-state index contributed by atoms with van der Waals surface area (Å²) in [6, 6.07) is 6.89. The molecule has 0 radical (unpaired) electrons. The van der Waals surface area contributed by atoms with Crippen molar-refractivity contribution in [1.29, 1.82) is 0 Å². The van der Waals surface area contributed by atoms with Gasteiger partial charge in [-0.05, 0) is 18.6 Å². The summed E-state index contributed by atoms with van der Waals surface area (Å²) in [5.74, 6) is 0.282. The van der Waals surface area contributed by atoms with Crippen molar-refractivity contribution in [2.75, 3.05) is 38.4 Å². The summed E-state index contributed by atoms with van der Waals surface area (Å²) in [5, 5.41) is 9.40. The molecule has 0 aliphatic carbocycles. The Bertz CT molecular complexity index is 521. The van der Waals surface area contributed by atoms with Gasteiger partial charge in [-0.25, -0.2) is 13.1 Å². The van der Waals surface area contributed by atoms with Crippen LogP contribution in [-0.2, 0) is 14.8 Å². The third kappa shape index (κ3) is 7.28. The Balaban J connectivity index is 2.28. The third-order valence-electron chi connectivity index (χ3n) is 2.69. The minimum absolute atomic E-state index is 0.00414. The van der Waals surface area contributed by atoms with E-state index in [9.17, 15) is 13.5 Å². The van der Waals surface area contributed by atoms with Crippen LogP contribution >= 0.6 is 0 Å². The number of anilines is 1. The average molecular weight is 318 g/mol. The van der Waals surface area contributed by atoms with Crippen molar-refractivity contribution in [1.82, 2.24) is 4.72 Å². The molecule has 4 N–H and O–H groups in total. The first-order valence-electron chi connectivity index (χ1n) is 6.56. The lowest BCUT2D eigenvalue weighted by Gasteiger charge is -2.11. The number of nitrogens with two attached hydrogens (primary N) is 1. The molecule has 1 aromatic carbocycles. The maximum atomic E-state index is 11.7. The fraction of sp³-hybridized carbons (Fsp3) is 0.538. The SMILES string of the molecule is COCC(O)CCNS(=O)(=O)CCOc1ccccc1N. The van der Waals surface area contributed by atoms with E-state index in [1.807, 2.05) is 0 Å². The van der Waals surface area contributed by atoms with Gasteiger partial charge >= 0.3 is 0 Å². The molecule has 7 nitrogen and oxygen atoms in total. The lowest BCUT2D eigenvalue weighted by Crippen LogP contribution is -2.32. The second-order valence-corrected chi connectivity index (χ2v) is 6.42. The van der Waals surface area contributed by atoms with E-state index in [1.54, 1.807) is 24.3 Å². The van der Waals surface area contributed by atoms with Crippen LogP contribution < -0.4 is 15.2 Å². The van der Waals surface area contributed by atoms with Gasteiger partial charge in [0.05, 0.1) is 24.2 Å². The molecule has 0 fully saturated rings. The topological polar surface area (TPSA) is 111 Å². The molecule has 1 aromatic rings. The smallest absolute Gasteiger partial charge is 0.214 e. The fourth-order valence-electron chi connectivity index (χ4n) is 1.60. The molecular weight excluding hydrogens is 296 g/mol. The second-order valence-electron chi connectivity index (χ2n) is 4.50. The van der Waals surface area contributed by atoms with E-state index >= 15 is 0 Å². The third-order valence-corrected chi connectivity index (χ3v) is 4.04. The molecule has 0 aliphatic heterocycles. The van der Waals surface area contributed by atoms with Gasteiger partial charge in [0.1, 0.15) is 12.4 Å². The normalized spacial score (nSPS) is 13.0. The second kappa shape index (κ2) is 8.83. The molecule has 120 valence electrons. The zero-order valence-corrected chi connectivity index (χ0v) is 12.8. The van der Waals surface area contributed by atoms with Crippen LogP contribution in [0.15, 0.2) is 24.3 Å². The number of aliphatic hydroxyl groups is 1. The van der Waals surface area contributed by atoms with Crippen LogP contribution in [0.1, 0.15) is 6.42 Å². The summed E-state index contributed by atoms with van der Waals surface area (Å²) >= 11 is 0. The van der Waals surface area contributed by atoms with Gasteiger partial charge in [0.25, 0.3) is 0 Å². The van der Waals surface area contributed by atoms with Crippen molar-refractivity contribution in [2.45, 2.75) is 12.5 Å². The Kier molecular flexibility index (Phi) is 7.44. The minimum Gasteiger partial charge on any atom is -0.490 e. The van der Waals surface area contributed by atoms with Crippen molar-refractivity contribution in [3.8, 4) is 5.75 Å². The molecule has 0 spiro atoms. The highest BCUT2D eigenvalue weighted by molar-refractivity contribution is 7.89. The van der Waals surface area contributed by atoms with Gasteiger partial charge in [0.15, 0.2) is 0 Å². The van der Waals surface area contributed by atoms with Gasteiger partial charge in [-0.2, -0.15) is 0 Å². The number of ether oxygens (including phenoxy) is 2. The number of benzene rings is 1. The quantitative estimate of drug-likeness (QED) is 0.522. The molecule has 0 saturated heterocycles. The molecule has 0 aromatic heterocycles. The zero-order chi connectivity index (χ0) is 15.7. The summed E-state index contributed by atoms with van der Waals surface area (Å²) in [4.78, 5) is 0. The van der Waals surface area contributed by atoms with E-state index in [1.165, 1.54) is 7.11 Å². The number of hydrogen-bond acceptors (Lipinski definition) is 6. The van der Waals surface area contributed by atoms with E-state index in [0.29, 0.717) is 17.9 Å². The lowest BCUT2D eigenvalue weighted by atomic mass is 10.3. The molecule has 1 rings (SSSR count). The van der Waals surface area contributed by atoms with E-state index in [0.717, 1.165) is 0 Å². The van der Waals surface area contributed by atoms with E-state index < -0.39 is 16.1 Å². The fourth-order valence-corrected chi connectivity index (χ4v) is 2.48. The van der Waals surface area contributed by atoms with Gasteiger partial charge in [0, 0.05) is 13.7 Å². The van der Waals surface area contributed by atoms with Crippen LogP contribution in [0.4, 0.5) is 5.69 Å². The first-order chi connectivity index (χ1) is 9.94. The van der Waals surface area contributed by atoms with E-state index in [-0.39, 0.29) is 25.5 Å². The number of aliphatic hydroxyl groups excluding tert-OH is 1. The highest BCUT2D eigenvalue weighted by atomic mass is 32.2. The highest BCUT2D eigenvalue weighted by Gasteiger charge is 2.12. The zero-order valence-electron chi connectivity index (χ0n) is 12.0. The highest BCUT2D eigenvalue weighted by Crippen LogP contribution is 2.19. The number of methoxy groups -OCH3 is 1. The Labute approximate surface area is 125 Å². The molecule has 0 aliphatic rings. The van der Waals surface area contributed by atoms with E-state index in [2.05, 4.69) is 4.72 Å². The lowest BCUT2D eigenvalue weighted by molar-refractivity contribution is 0.0603. The molecule has 0 bridgehead atoms. The molecule has 0 heterocycles. The number of nitrogens with one attached hydrogen (secondary N) is 1. The van der Waals surface area contributed by atoms with Crippen LogP contribution in [0.2, 0.25) is 0 Å². The van der Waals surface area contributed by atoms with Crippen LogP contribution in [0.25, 0.3) is 0 Å². The Morgan fingerprint density at radius 3 is 2.76 bits per heavy atom. The van der Waals surface area contributed by atoms with Crippen LogP contribution in [0.5, 0.6) is 5.75 Å². The predicted octanol–water partition coefficient (Wildman–Crippen LogP) is -0.0356. The van der Waals surface area contributed by atoms with Crippen LogP contribution in [-0.4, -0.2) is 52.2 Å². The van der Waals surface area contributed by atoms with Crippen molar-refractivity contribution in [3.05, 3.63) is 24.3 Å². The molecule has 21 heavy (non-hydrogen) atoms. The standard InChI is InChI=1S/C13H22N2O5S/c1-19-10-11(16)6-7-15-21(17,18)9-8-20-13-5-3-2-4-12(13)14/h2-5,11,15-16H,6-10,14H2,1H3. The van der Waals surface area contributed by atoms with Crippen LogP contribution in [0, 0.1) is 0 Å². The summed E-state index contributed by atoms with van der Waals surface area (Å²) in [6.45, 7) is 0.336. The monoisotopic (exact) mass is 318 g/mol. The molecule has 0 saturated carbocycles. The largest absolute Gasteiger partial charge is 0.490 e. The first-order valence-corrected chi connectivity index (χ1v) is 8.21. The van der Waals surface area contributed by atoms with Crippen molar-refractivity contribution in [3.63, 3.8) is 0 Å². The first kappa shape index (κ1) is 17.7. The molecule has 1 atom stereocenters. The maximum absolute atomic E-state index is 11.7. The molecule has 8 heteroatoms. The van der Waals surface area contributed by atoms with Crippen molar-refractivity contribution >= 4 is 15.7 Å². The predicted molar refractivity (Wildman–Crippen MR) is 80.6 cm³/mol. The van der Waals surface area contributed by atoms with Gasteiger partial charge in [-0.1, -0.05) is 12.1 Å². The molecule has 0 amide bonds. The molecule has 1 unspecified atom stereocenters. The Morgan fingerprint density at radius 2 is 2.10 bits per heavy atom. The summed E-state index contributed by atoms with van der Waals surface area (Å²) in [5.41, 5.74) is 6.15. The number of hydrogen-bond donors (Lipinski definition) is 3. The number of sulfonamides is 1. The van der Waals surface area contributed by atoms with Gasteiger partial charge in [0.2, 0.25) is 10.0 Å². The number of para-hydroxylation sites is 2. The number of rotatable bonds is 10. The molecular formula is C13H22N2O5S. The van der Waals surface area contributed by atoms with Gasteiger partial charge in [-0.3, -0.25) is 0 Å². The average Bonchev–Trinajstić information content (AvgIpc) is 2.41. The summed E-state index contributed by atoms with van der Waals surface area (Å²) < 4.78 is 35.9. The Morgan fingerprint density at radius 1 is 1.38 bits per heavy atom. The van der Waals surface area contributed by atoms with Crippen molar-refractivity contribution < 1.29 is 23.0 Å². The summed E-state index contributed by atoms with van der Waals surface area (Å²) in [6.07, 6.45) is -0.391. The van der Waals surface area contributed by atoms with Gasteiger partial charge in [-0.15, -0.1) is 0 Å². The Hall–Kier alpha value is -1.35. The van der Waals surface area contributed by atoms with E-state index in [4.69, 9.17) is 15.2 Å². The number of nitrogen functional groups attached to an aromatic ring is 1. The van der Waals surface area contributed by atoms with Gasteiger partial charge < -0.3 is 20.3 Å². The van der Waals surface area contributed by atoms with Crippen molar-refractivity contribution in [2.24, 2.45) is 0 Å². The minimum atomic E-state index is -3.44. The van der Waals surface area contributed by atoms with Crippen LogP contribution in [0.3, 0.4) is 0 Å².